The zero-order valence-corrected chi connectivity index (χ0v) is 28.1. The molecule has 4 aromatic rings. The predicted octanol–water partition coefficient (Wildman–Crippen LogP) is 7.11. The fraction of sp³-hybridized carbons (Fsp3) is 0.257. The molecule has 0 radical (unpaired) electrons. The molecular weight excluding hydrogens is 645 g/mol. The minimum Gasteiger partial charge on any atom is -0.457 e. The van der Waals surface area contributed by atoms with Crippen LogP contribution in [0.4, 0.5) is 5.69 Å². The molecule has 4 rings (SSSR count). The van der Waals surface area contributed by atoms with Crippen LogP contribution in [0.15, 0.2) is 103 Å². The molecule has 0 bridgehead atoms. The molecule has 2 amide bonds. The van der Waals surface area contributed by atoms with Gasteiger partial charge in [0.1, 0.15) is 24.1 Å². The van der Waals surface area contributed by atoms with E-state index >= 15 is 0 Å². The molecule has 0 heterocycles. The van der Waals surface area contributed by atoms with E-state index in [1.807, 2.05) is 55.5 Å². The summed E-state index contributed by atoms with van der Waals surface area (Å²) in [4.78, 5) is 29.4. The van der Waals surface area contributed by atoms with E-state index in [1.165, 1.54) is 4.90 Å². The molecule has 8 nitrogen and oxygen atoms in total. The zero-order chi connectivity index (χ0) is 33.1. The van der Waals surface area contributed by atoms with Crippen molar-refractivity contribution in [2.75, 3.05) is 23.7 Å². The Morgan fingerprint density at radius 1 is 0.870 bits per heavy atom. The van der Waals surface area contributed by atoms with Crippen LogP contribution in [-0.2, 0) is 32.6 Å². The lowest BCUT2D eigenvalue weighted by Crippen LogP contribution is -2.53. The first-order valence-electron chi connectivity index (χ1n) is 14.9. The van der Waals surface area contributed by atoms with Crippen LogP contribution in [0.25, 0.3) is 0 Å². The Morgan fingerprint density at radius 3 is 2.11 bits per heavy atom. The second-order valence-electron chi connectivity index (χ2n) is 10.8. The third-order valence-electron chi connectivity index (χ3n) is 7.24. The fourth-order valence-corrected chi connectivity index (χ4v) is 6.13. The fourth-order valence-electron chi connectivity index (χ4n) is 4.81. The van der Waals surface area contributed by atoms with Crippen LogP contribution in [0.5, 0.6) is 11.5 Å². The number of nitrogens with zero attached hydrogens (tertiary/aromatic N) is 2. The van der Waals surface area contributed by atoms with Gasteiger partial charge in [0.25, 0.3) is 0 Å². The van der Waals surface area contributed by atoms with Crippen LogP contribution in [0.2, 0.25) is 10.0 Å². The molecule has 1 atom stereocenters. The number of halogens is 2. The average molecular weight is 683 g/mol. The van der Waals surface area contributed by atoms with Crippen molar-refractivity contribution >= 4 is 50.7 Å². The lowest BCUT2D eigenvalue weighted by Gasteiger charge is -2.33. The Hall–Kier alpha value is -4.05. The van der Waals surface area contributed by atoms with Crippen LogP contribution in [0.1, 0.15) is 30.9 Å². The zero-order valence-electron chi connectivity index (χ0n) is 25.7. The summed E-state index contributed by atoms with van der Waals surface area (Å²) in [7, 11) is -3.93. The van der Waals surface area contributed by atoms with Gasteiger partial charge in [0.2, 0.25) is 21.8 Å². The van der Waals surface area contributed by atoms with Crippen LogP contribution >= 0.6 is 23.2 Å². The molecule has 0 saturated carbocycles. The van der Waals surface area contributed by atoms with Crippen molar-refractivity contribution in [3.05, 3.63) is 124 Å². The number of hydrogen-bond acceptors (Lipinski definition) is 5. The van der Waals surface area contributed by atoms with Gasteiger partial charge < -0.3 is 15.0 Å². The number of unbranched alkanes of at least 4 members (excludes halogenated alkanes) is 1. The Balaban J connectivity index is 1.68. The number of amides is 2. The van der Waals surface area contributed by atoms with Gasteiger partial charge in [-0.2, -0.15) is 0 Å². The number of rotatable bonds is 15. The first-order chi connectivity index (χ1) is 22.0. The average Bonchev–Trinajstić information content (AvgIpc) is 3.03. The van der Waals surface area contributed by atoms with E-state index in [-0.39, 0.29) is 24.6 Å². The Morgan fingerprint density at radius 2 is 1.50 bits per heavy atom. The van der Waals surface area contributed by atoms with Gasteiger partial charge in [-0.05, 0) is 66.1 Å². The Labute approximate surface area is 280 Å². The van der Waals surface area contributed by atoms with E-state index in [4.69, 9.17) is 27.9 Å². The number of hydrogen-bond donors (Lipinski definition) is 1. The minimum absolute atomic E-state index is 0.0466. The first-order valence-corrected chi connectivity index (χ1v) is 17.5. The van der Waals surface area contributed by atoms with Crippen LogP contribution in [0, 0.1) is 0 Å². The summed E-state index contributed by atoms with van der Waals surface area (Å²) in [6, 6.07) is 28.9. The van der Waals surface area contributed by atoms with E-state index in [0.29, 0.717) is 33.7 Å². The van der Waals surface area contributed by atoms with E-state index in [9.17, 15) is 18.0 Å². The van der Waals surface area contributed by atoms with Crippen LogP contribution in [-0.4, -0.2) is 50.5 Å². The molecule has 46 heavy (non-hydrogen) atoms. The summed E-state index contributed by atoms with van der Waals surface area (Å²) in [5.41, 5.74) is 1.67. The van der Waals surface area contributed by atoms with Crippen molar-refractivity contribution in [3.8, 4) is 11.5 Å². The number of sulfonamides is 1. The smallest absolute Gasteiger partial charge is 0.244 e. The topological polar surface area (TPSA) is 96.0 Å². The van der Waals surface area contributed by atoms with Gasteiger partial charge in [0, 0.05) is 29.6 Å². The highest BCUT2D eigenvalue weighted by molar-refractivity contribution is 7.92. The molecule has 0 aromatic heterocycles. The Kier molecular flexibility index (Phi) is 12.5. The lowest BCUT2D eigenvalue weighted by molar-refractivity contribution is -0.140. The van der Waals surface area contributed by atoms with Crippen LogP contribution < -0.4 is 14.4 Å². The van der Waals surface area contributed by atoms with Gasteiger partial charge in [-0.25, -0.2) is 8.42 Å². The predicted molar refractivity (Wildman–Crippen MR) is 184 cm³/mol. The molecule has 0 aliphatic carbocycles. The highest BCUT2D eigenvalue weighted by Crippen LogP contribution is 2.27. The molecule has 0 saturated heterocycles. The molecule has 0 aliphatic heterocycles. The van der Waals surface area contributed by atoms with Crippen molar-refractivity contribution < 1.29 is 22.7 Å². The molecule has 0 unspecified atom stereocenters. The molecule has 0 aliphatic rings. The van der Waals surface area contributed by atoms with Crippen molar-refractivity contribution in [2.24, 2.45) is 0 Å². The SMILES string of the molecule is CCCCNC(=O)[C@@H](Cc1ccccc1)N(Cc1ccc(Cl)cc1Cl)C(=O)CN(c1ccc(Oc2ccccc2)cc1)S(C)(=O)=O. The Bertz CT molecular complexity index is 1710. The molecule has 242 valence electrons. The number of anilines is 1. The van der Waals surface area contributed by atoms with Gasteiger partial charge in [-0.3, -0.25) is 13.9 Å². The standard InChI is InChI=1S/C35H37Cl2N3O5S/c1-3-4-21-38-35(42)33(22-26-11-7-5-8-12-26)39(24-27-15-16-28(36)23-32(27)37)34(41)25-40(46(2,43)44)29-17-19-31(20-18-29)45-30-13-9-6-10-14-30/h5-20,23,33H,3-4,21-22,24-25H2,1-2H3,(H,38,42)/t33-/m1/s1. The number of carbonyl (C=O) groups excluding carboxylic acids is 2. The van der Waals surface area contributed by atoms with Crippen molar-refractivity contribution in [2.45, 2.75) is 38.8 Å². The molecular formula is C35H37Cl2N3O5S. The second-order valence-corrected chi connectivity index (χ2v) is 13.5. The summed E-state index contributed by atoms with van der Waals surface area (Å²) in [5.74, 6) is 0.209. The van der Waals surface area contributed by atoms with E-state index in [2.05, 4.69) is 5.32 Å². The maximum absolute atomic E-state index is 14.3. The third-order valence-corrected chi connectivity index (χ3v) is 8.97. The second kappa shape index (κ2) is 16.5. The summed E-state index contributed by atoms with van der Waals surface area (Å²) >= 11 is 12.7. The highest BCUT2D eigenvalue weighted by atomic mass is 35.5. The number of carbonyl (C=O) groups is 2. The number of ether oxygens (including phenoxy) is 1. The van der Waals surface area contributed by atoms with Gasteiger partial charge in [-0.15, -0.1) is 0 Å². The number of para-hydroxylation sites is 1. The van der Waals surface area contributed by atoms with Gasteiger partial charge in [0.15, 0.2) is 0 Å². The first kappa shape index (κ1) is 34.8. The minimum atomic E-state index is -3.93. The van der Waals surface area contributed by atoms with Crippen molar-refractivity contribution in [1.29, 1.82) is 0 Å². The molecule has 4 aromatic carbocycles. The van der Waals surface area contributed by atoms with Crippen LogP contribution in [0.3, 0.4) is 0 Å². The van der Waals surface area contributed by atoms with E-state index < -0.39 is 28.5 Å². The number of nitrogens with one attached hydrogen (secondary N) is 1. The maximum atomic E-state index is 14.3. The summed E-state index contributed by atoms with van der Waals surface area (Å²) in [6.45, 7) is 1.87. The highest BCUT2D eigenvalue weighted by Gasteiger charge is 2.33. The maximum Gasteiger partial charge on any atom is 0.244 e. The van der Waals surface area contributed by atoms with Gasteiger partial charge in [-0.1, -0.05) is 91.1 Å². The van der Waals surface area contributed by atoms with Crippen molar-refractivity contribution in [3.63, 3.8) is 0 Å². The molecule has 0 spiro atoms. The summed E-state index contributed by atoms with van der Waals surface area (Å²) in [5, 5.41) is 3.70. The molecule has 11 heteroatoms. The molecule has 0 fully saturated rings. The quantitative estimate of drug-likeness (QED) is 0.135. The van der Waals surface area contributed by atoms with E-state index in [0.717, 1.165) is 29.0 Å². The number of benzene rings is 4. The lowest BCUT2D eigenvalue weighted by atomic mass is 10.0. The van der Waals surface area contributed by atoms with E-state index in [1.54, 1.807) is 54.6 Å². The van der Waals surface area contributed by atoms with Gasteiger partial charge in [0.05, 0.1) is 11.9 Å². The molecule has 1 N–H and O–H groups in total. The normalized spacial score (nSPS) is 11.8. The third kappa shape index (κ3) is 9.97. The van der Waals surface area contributed by atoms with Gasteiger partial charge >= 0.3 is 0 Å². The monoisotopic (exact) mass is 681 g/mol. The van der Waals surface area contributed by atoms with Crippen molar-refractivity contribution in [1.82, 2.24) is 10.2 Å². The summed E-state index contributed by atoms with van der Waals surface area (Å²) in [6.07, 6.45) is 2.89. The largest absolute Gasteiger partial charge is 0.457 e. The summed E-state index contributed by atoms with van der Waals surface area (Å²) < 4.78 is 33.1.